The lowest BCUT2D eigenvalue weighted by Crippen LogP contribution is -2.43. The first-order valence-electron chi connectivity index (χ1n) is 7.92. The molecule has 1 aliphatic carbocycles. The Kier molecular flexibility index (Phi) is 6.23. The number of amides is 1. The van der Waals surface area contributed by atoms with Gasteiger partial charge in [-0.2, -0.15) is 0 Å². The molecule has 2 aliphatic rings. The van der Waals surface area contributed by atoms with Gasteiger partial charge in [-0.15, -0.1) is 12.4 Å². The minimum absolute atomic E-state index is 0. The van der Waals surface area contributed by atoms with Crippen LogP contribution >= 0.6 is 35.6 Å². The van der Waals surface area contributed by atoms with Crippen molar-refractivity contribution in [2.24, 2.45) is 11.3 Å². The highest BCUT2D eigenvalue weighted by molar-refractivity contribution is 6.35. The Morgan fingerprint density at radius 3 is 2.70 bits per heavy atom. The summed E-state index contributed by atoms with van der Waals surface area (Å²) in [5.41, 5.74) is 1.27. The topological polar surface area (TPSA) is 41.1 Å². The highest BCUT2D eigenvalue weighted by Gasteiger charge is 2.45. The molecule has 1 saturated heterocycles. The number of carbonyl (C=O) groups is 1. The Hall–Kier alpha value is -0.480. The van der Waals surface area contributed by atoms with Crippen LogP contribution in [0.3, 0.4) is 0 Å². The highest BCUT2D eigenvalue weighted by atomic mass is 35.5. The van der Waals surface area contributed by atoms with E-state index in [0.29, 0.717) is 10.0 Å². The fourth-order valence-electron chi connectivity index (χ4n) is 3.27. The summed E-state index contributed by atoms with van der Waals surface area (Å²) in [7, 11) is 0. The van der Waals surface area contributed by atoms with Crippen LogP contribution in [-0.4, -0.2) is 25.5 Å². The fraction of sp³-hybridized carbons (Fsp3) is 0.588. The van der Waals surface area contributed by atoms with E-state index in [1.807, 2.05) is 12.1 Å². The molecule has 0 radical (unpaired) electrons. The highest BCUT2D eigenvalue weighted by Crippen LogP contribution is 2.50. The van der Waals surface area contributed by atoms with Crippen LogP contribution in [0.2, 0.25) is 10.0 Å². The van der Waals surface area contributed by atoms with Crippen LogP contribution in [0.1, 0.15) is 37.7 Å². The molecule has 1 amide bonds. The van der Waals surface area contributed by atoms with Gasteiger partial charge in [-0.1, -0.05) is 36.2 Å². The Morgan fingerprint density at radius 2 is 2.04 bits per heavy atom. The van der Waals surface area contributed by atoms with E-state index in [9.17, 15) is 4.79 Å². The van der Waals surface area contributed by atoms with Crippen molar-refractivity contribution in [1.82, 2.24) is 10.6 Å². The monoisotopic (exact) mass is 376 g/mol. The van der Waals surface area contributed by atoms with Crippen molar-refractivity contribution in [1.29, 1.82) is 0 Å². The number of carbonyl (C=O) groups excluding carboxylic acids is 1. The standard InChI is InChI=1S/C17H22Cl2N2O.ClH/c1-17(4-6-20-7-5-17)10-21-16(22)14-9-13(14)12-3-2-11(18)8-15(12)19;/h2-3,8,13-14,20H,4-7,9-10H2,1H3,(H,21,22);1H. The fourth-order valence-corrected chi connectivity index (χ4v) is 3.82. The molecule has 0 aromatic heterocycles. The number of rotatable bonds is 4. The molecule has 2 unspecified atom stereocenters. The number of nitrogens with one attached hydrogen (secondary N) is 2. The maximum Gasteiger partial charge on any atom is 0.223 e. The molecule has 1 saturated carbocycles. The van der Waals surface area contributed by atoms with Crippen molar-refractivity contribution in [2.75, 3.05) is 19.6 Å². The van der Waals surface area contributed by atoms with Crippen molar-refractivity contribution in [3.05, 3.63) is 33.8 Å². The van der Waals surface area contributed by atoms with Gasteiger partial charge in [0.05, 0.1) is 0 Å². The van der Waals surface area contributed by atoms with Crippen molar-refractivity contribution >= 4 is 41.5 Å². The summed E-state index contributed by atoms with van der Waals surface area (Å²) in [6, 6.07) is 5.53. The largest absolute Gasteiger partial charge is 0.355 e. The molecule has 23 heavy (non-hydrogen) atoms. The average Bonchev–Trinajstić information content (AvgIpc) is 3.26. The van der Waals surface area contributed by atoms with Crippen LogP contribution in [-0.2, 0) is 4.79 Å². The molecule has 1 aromatic carbocycles. The SMILES string of the molecule is CC1(CNC(=O)C2CC2c2ccc(Cl)cc2Cl)CCNCC1.Cl. The van der Waals surface area contributed by atoms with Gasteiger partial charge >= 0.3 is 0 Å². The van der Waals surface area contributed by atoms with Crippen LogP contribution in [0.15, 0.2) is 18.2 Å². The number of hydrogen-bond acceptors (Lipinski definition) is 2. The molecule has 0 spiro atoms. The van der Waals surface area contributed by atoms with E-state index in [1.165, 1.54) is 0 Å². The minimum Gasteiger partial charge on any atom is -0.355 e. The van der Waals surface area contributed by atoms with E-state index in [4.69, 9.17) is 23.2 Å². The molecule has 6 heteroatoms. The zero-order valence-electron chi connectivity index (χ0n) is 13.2. The van der Waals surface area contributed by atoms with Gasteiger partial charge in [-0.3, -0.25) is 4.79 Å². The molecule has 2 N–H and O–H groups in total. The first-order valence-corrected chi connectivity index (χ1v) is 8.67. The van der Waals surface area contributed by atoms with Gasteiger partial charge in [-0.05, 0) is 61.4 Å². The molecule has 0 bridgehead atoms. The minimum atomic E-state index is 0. The maximum absolute atomic E-state index is 12.4. The first kappa shape index (κ1) is 18.9. The van der Waals surface area contributed by atoms with Gasteiger partial charge in [0, 0.05) is 22.5 Å². The van der Waals surface area contributed by atoms with Gasteiger partial charge in [0.1, 0.15) is 0 Å². The summed E-state index contributed by atoms with van der Waals surface area (Å²) in [6.07, 6.45) is 3.11. The van der Waals surface area contributed by atoms with E-state index in [2.05, 4.69) is 17.6 Å². The first-order chi connectivity index (χ1) is 10.5. The molecular formula is C17H23Cl3N2O. The normalized spacial score (nSPS) is 25.3. The smallest absolute Gasteiger partial charge is 0.223 e. The third kappa shape index (κ3) is 4.54. The lowest BCUT2D eigenvalue weighted by molar-refractivity contribution is -0.123. The van der Waals surface area contributed by atoms with Crippen molar-refractivity contribution < 1.29 is 4.79 Å². The number of piperidine rings is 1. The zero-order chi connectivity index (χ0) is 15.7. The number of benzene rings is 1. The second-order valence-electron chi connectivity index (χ2n) is 6.89. The van der Waals surface area contributed by atoms with Gasteiger partial charge < -0.3 is 10.6 Å². The Morgan fingerprint density at radius 1 is 1.35 bits per heavy atom. The van der Waals surface area contributed by atoms with E-state index < -0.39 is 0 Å². The Labute approximate surface area is 153 Å². The molecule has 3 nitrogen and oxygen atoms in total. The molecule has 1 aromatic rings. The maximum atomic E-state index is 12.4. The van der Waals surface area contributed by atoms with Crippen LogP contribution in [0, 0.1) is 11.3 Å². The van der Waals surface area contributed by atoms with Gasteiger partial charge in [-0.25, -0.2) is 0 Å². The summed E-state index contributed by atoms with van der Waals surface area (Å²) < 4.78 is 0. The number of hydrogen-bond donors (Lipinski definition) is 2. The zero-order valence-corrected chi connectivity index (χ0v) is 15.5. The summed E-state index contributed by atoms with van der Waals surface area (Å²) >= 11 is 12.2. The second-order valence-corrected chi connectivity index (χ2v) is 7.74. The molecule has 3 rings (SSSR count). The van der Waals surface area contributed by atoms with Crippen molar-refractivity contribution in [3.8, 4) is 0 Å². The second kappa shape index (κ2) is 7.60. The summed E-state index contributed by atoms with van der Waals surface area (Å²) in [5.74, 6) is 0.463. The summed E-state index contributed by atoms with van der Waals surface area (Å²) in [5, 5.41) is 7.81. The van der Waals surface area contributed by atoms with Crippen molar-refractivity contribution in [2.45, 2.75) is 32.1 Å². The summed E-state index contributed by atoms with van der Waals surface area (Å²) in [6.45, 7) is 5.11. The van der Waals surface area contributed by atoms with Gasteiger partial charge in [0.15, 0.2) is 0 Å². The van der Waals surface area contributed by atoms with Crippen LogP contribution < -0.4 is 10.6 Å². The molecule has 1 aliphatic heterocycles. The number of halogens is 3. The predicted octanol–water partition coefficient (Wildman–Crippen LogP) is 4.02. The van der Waals surface area contributed by atoms with Gasteiger partial charge in [0.2, 0.25) is 5.91 Å². The van der Waals surface area contributed by atoms with E-state index >= 15 is 0 Å². The predicted molar refractivity (Wildman–Crippen MR) is 97.8 cm³/mol. The average molecular weight is 378 g/mol. The Balaban J connectivity index is 0.00000192. The molecule has 1 heterocycles. The van der Waals surface area contributed by atoms with E-state index in [1.54, 1.807) is 6.07 Å². The Bertz CT molecular complexity index is 573. The molecule has 2 fully saturated rings. The third-order valence-electron chi connectivity index (χ3n) is 4.99. The summed E-state index contributed by atoms with van der Waals surface area (Å²) in [4.78, 5) is 12.4. The van der Waals surface area contributed by atoms with Crippen LogP contribution in [0.25, 0.3) is 0 Å². The van der Waals surface area contributed by atoms with E-state index in [0.717, 1.165) is 44.5 Å². The van der Waals surface area contributed by atoms with Crippen LogP contribution in [0.5, 0.6) is 0 Å². The molecule has 128 valence electrons. The van der Waals surface area contributed by atoms with E-state index in [-0.39, 0.29) is 35.6 Å². The van der Waals surface area contributed by atoms with Crippen LogP contribution in [0.4, 0.5) is 0 Å². The third-order valence-corrected chi connectivity index (χ3v) is 5.55. The van der Waals surface area contributed by atoms with Gasteiger partial charge in [0.25, 0.3) is 0 Å². The molecule has 2 atom stereocenters. The molecular weight excluding hydrogens is 355 g/mol. The quantitative estimate of drug-likeness (QED) is 0.832. The lowest BCUT2D eigenvalue weighted by Gasteiger charge is -2.34. The lowest BCUT2D eigenvalue weighted by atomic mass is 9.81. The van der Waals surface area contributed by atoms with Crippen molar-refractivity contribution in [3.63, 3.8) is 0 Å².